The number of nitrogens with zero attached hydrogens (tertiary/aromatic N) is 1. The Labute approximate surface area is 127 Å². The maximum Gasteiger partial charge on any atom is 0.387 e. The molecule has 1 aromatic carbocycles. The van der Waals surface area contributed by atoms with Gasteiger partial charge in [-0.05, 0) is 37.0 Å². The molecular formula is C14H18ClF2N3O. The van der Waals surface area contributed by atoms with Crippen LogP contribution in [0.3, 0.4) is 0 Å². The van der Waals surface area contributed by atoms with Gasteiger partial charge in [-0.2, -0.15) is 8.78 Å². The molecule has 0 spiro atoms. The molecule has 0 radical (unpaired) electrons. The fraction of sp³-hybridized carbons (Fsp3) is 0.500. The number of aliphatic imine (C=N–C) groups is 1. The van der Waals surface area contributed by atoms with Crippen molar-refractivity contribution >= 4 is 17.6 Å². The average molecular weight is 318 g/mol. The van der Waals surface area contributed by atoms with Gasteiger partial charge in [0, 0.05) is 30.7 Å². The molecule has 1 saturated carbocycles. The van der Waals surface area contributed by atoms with Crippen molar-refractivity contribution in [1.82, 2.24) is 10.6 Å². The van der Waals surface area contributed by atoms with Crippen LogP contribution in [0.2, 0.25) is 5.02 Å². The van der Waals surface area contributed by atoms with Gasteiger partial charge >= 0.3 is 6.61 Å². The van der Waals surface area contributed by atoms with Crippen LogP contribution in [0.15, 0.2) is 23.2 Å². The van der Waals surface area contributed by atoms with Crippen LogP contribution >= 0.6 is 11.6 Å². The third-order valence-electron chi connectivity index (χ3n) is 3.16. The molecule has 7 heteroatoms. The first-order chi connectivity index (χ1) is 10.1. The fourth-order valence-corrected chi connectivity index (χ4v) is 2.05. The summed E-state index contributed by atoms with van der Waals surface area (Å²) in [6, 6.07) is 4.55. The predicted molar refractivity (Wildman–Crippen MR) is 79.0 cm³/mol. The lowest BCUT2D eigenvalue weighted by molar-refractivity contribution is -0.0504. The minimum absolute atomic E-state index is 0.111. The maximum absolute atomic E-state index is 12.4. The Bertz CT molecular complexity index is 507. The number of guanidine groups is 1. The minimum atomic E-state index is -2.86. The molecule has 0 aromatic heterocycles. The smallest absolute Gasteiger partial charge is 0.387 e. The normalized spacial score (nSPS) is 15.2. The minimum Gasteiger partial charge on any atom is -0.434 e. The zero-order chi connectivity index (χ0) is 15.2. The molecule has 1 aliphatic rings. The van der Waals surface area contributed by atoms with Gasteiger partial charge in [0.25, 0.3) is 0 Å². The number of nitrogens with one attached hydrogen (secondary N) is 2. The van der Waals surface area contributed by atoms with Crippen molar-refractivity contribution in [2.75, 3.05) is 13.6 Å². The number of benzene rings is 1. The van der Waals surface area contributed by atoms with E-state index in [1.165, 1.54) is 25.0 Å². The Morgan fingerprint density at radius 2 is 2.19 bits per heavy atom. The molecule has 0 saturated heterocycles. The van der Waals surface area contributed by atoms with E-state index >= 15 is 0 Å². The Kier molecular flexibility index (Phi) is 5.61. The lowest BCUT2D eigenvalue weighted by Crippen LogP contribution is -2.37. The molecule has 0 aliphatic heterocycles. The van der Waals surface area contributed by atoms with E-state index in [9.17, 15) is 8.78 Å². The summed E-state index contributed by atoms with van der Waals surface area (Å²) in [5, 5.41) is 6.73. The largest absolute Gasteiger partial charge is 0.434 e. The molecule has 4 nitrogen and oxygen atoms in total. The first-order valence-electron chi connectivity index (χ1n) is 6.76. The zero-order valence-electron chi connectivity index (χ0n) is 11.7. The monoisotopic (exact) mass is 317 g/mol. The van der Waals surface area contributed by atoms with E-state index in [0.717, 1.165) is 6.54 Å². The molecular weight excluding hydrogens is 300 g/mol. The van der Waals surface area contributed by atoms with E-state index in [1.807, 2.05) is 0 Å². The molecule has 1 aliphatic carbocycles. The van der Waals surface area contributed by atoms with Crippen LogP contribution in [0.25, 0.3) is 0 Å². The Morgan fingerprint density at radius 1 is 1.43 bits per heavy atom. The van der Waals surface area contributed by atoms with E-state index in [-0.39, 0.29) is 5.75 Å². The lowest BCUT2D eigenvalue weighted by atomic mass is 10.2. The maximum atomic E-state index is 12.4. The van der Waals surface area contributed by atoms with E-state index in [0.29, 0.717) is 29.0 Å². The molecule has 1 aromatic rings. The molecule has 0 unspecified atom stereocenters. The Hall–Kier alpha value is -1.56. The molecule has 21 heavy (non-hydrogen) atoms. The quantitative estimate of drug-likeness (QED) is 0.626. The summed E-state index contributed by atoms with van der Waals surface area (Å²) in [5.74, 6) is 1.46. The lowest BCUT2D eigenvalue weighted by Gasteiger charge is -2.14. The summed E-state index contributed by atoms with van der Waals surface area (Å²) >= 11 is 5.90. The summed E-state index contributed by atoms with van der Waals surface area (Å²) in [5.41, 5.74) is 0.553. The Morgan fingerprint density at radius 3 is 2.81 bits per heavy atom. The van der Waals surface area contributed by atoms with E-state index in [4.69, 9.17) is 11.6 Å². The molecule has 0 amide bonds. The van der Waals surface area contributed by atoms with Crippen LogP contribution in [-0.2, 0) is 6.54 Å². The second kappa shape index (κ2) is 7.45. The van der Waals surface area contributed by atoms with Crippen LogP contribution < -0.4 is 15.4 Å². The highest BCUT2D eigenvalue weighted by molar-refractivity contribution is 6.30. The summed E-state index contributed by atoms with van der Waals surface area (Å²) in [6.45, 7) is -1.69. The van der Waals surface area contributed by atoms with Gasteiger partial charge in [0.05, 0.1) is 0 Å². The van der Waals surface area contributed by atoms with Crippen LogP contribution in [0.4, 0.5) is 8.78 Å². The van der Waals surface area contributed by atoms with Crippen molar-refractivity contribution in [3.63, 3.8) is 0 Å². The van der Waals surface area contributed by atoms with Crippen LogP contribution in [-0.4, -0.2) is 26.2 Å². The molecule has 0 atom stereocenters. The van der Waals surface area contributed by atoms with E-state index in [1.54, 1.807) is 13.1 Å². The molecule has 1 fully saturated rings. The average Bonchev–Trinajstić information content (AvgIpc) is 3.25. The standard InChI is InChI=1S/C14H18ClF2N3O/c1-18-14(19-7-9-2-3-9)20-8-10-6-11(15)4-5-12(10)21-13(16)17/h4-6,9,13H,2-3,7-8H2,1H3,(H2,18,19,20). The number of hydrogen-bond acceptors (Lipinski definition) is 2. The topological polar surface area (TPSA) is 45.7 Å². The van der Waals surface area contributed by atoms with Crippen LogP contribution in [0.5, 0.6) is 5.75 Å². The summed E-state index contributed by atoms with van der Waals surface area (Å²) in [7, 11) is 1.66. The summed E-state index contributed by atoms with van der Waals surface area (Å²) < 4.78 is 29.2. The van der Waals surface area contributed by atoms with Crippen molar-refractivity contribution in [2.45, 2.75) is 26.0 Å². The fourth-order valence-electron chi connectivity index (χ4n) is 1.86. The third-order valence-corrected chi connectivity index (χ3v) is 3.40. The highest BCUT2D eigenvalue weighted by atomic mass is 35.5. The molecule has 2 rings (SSSR count). The molecule has 116 valence electrons. The van der Waals surface area contributed by atoms with Gasteiger partial charge in [-0.1, -0.05) is 11.6 Å². The predicted octanol–water partition coefficient (Wildman–Crippen LogP) is 3.02. The molecule has 2 N–H and O–H groups in total. The SMILES string of the molecule is CN=C(NCc1cc(Cl)ccc1OC(F)F)NCC1CC1. The zero-order valence-corrected chi connectivity index (χ0v) is 12.5. The van der Waals surface area contributed by atoms with Gasteiger partial charge in [-0.15, -0.1) is 0 Å². The second-order valence-electron chi connectivity index (χ2n) is 4.88. The number of ether oxygens (including phenoxy) is 1. The highest BCUT2D eigenvalue weighted by Crippen LogP contribution is 2.27. The van der Waals surface area contributed by atoms with E-state index in [2.05, 4.69) is 20.4 Å². The van der Waals surface area contributed by atoms with Crippen LogP contribution in [0, 0.1) is 5.92 Å². The van der Waals surface area contributed by atoms with Gasteiger partial charge in [0.2, 0.25) is 0 Å². The molecule has 0 heterocycles. The first kappa shape index (κ1) is 15.8. The number of halogens is 3. The Balaban J connectivity index is 1.94. The van der Waals surface area contributed by atoms with E-state index < -0.39 is 6.61 Å². The first-order valence-corrected chi connectivity index (χ1v) is 7.14. The van der Waals surface area contributed by atoms with Crippen molar-refractivity contribution in [3.05, 3.63) is 28.8 Å². The van der Waals surface area contributed by atoms with Gasteiger partial charge in [-0.25, -0.2) is 0 Å². The van der Waals surface area contributed by atoms with Crippen molar-refractivity contribution in [3.8, 4) is 5.75 Å². The van der Waals surface area contributed by atoms with Crippen molar-refractivity contribution in [1.29, 1.82) is 0 Å². The van der Waals surface area contributed by atoms with Crippen molar-refractivity contribution in [2.24, 2.45) is 10.9 Å². The van der Waals surface area contributed by atoms with Gasteiger partial charge in [0.15, 0.2) is 5.96 Å². The summed E-state index contributed by atoms with van der Waals surface area (Å²) in [6.07, 6.45) is 2.48. The highest BCUT2D eigenvalue weighted by Gasteiger charge is 2.21. The number of alkyl halides is 2. The number of hydrogen-bond donors (Lipinski definition) is 2. The van der Waals surface area contributed by atoms with Gasteiger partial charge < -0.3 is 15.4 Å². The third kappa shape index (κ3) is 5.38. The van der Waals surface area contributed by atoms with Gasteiger partial charge in [-0.3, -0.25) is 4.99 Å². The molecule has 0 bridgehead atoms. The number of rotatable bonds is 6. The summed E-state index contributed by atoms with van der Waals surface area (Å²) in [4.78, 5) is 4.09. The van der Waals surface area contributed by atoms with Gasteiger partial charge in [0.1, 0.15) is 5.75 Å². The van der Waals surface area contributed by atoms with Crippen LogP contribution in [0.1, 0.15) is 18.4 Å². The second-order valence-corrected chi connectivity index (χ2v) is 5.32. The van der Waals surface area contributed by atoms with Crippen molar-refractivity contribution < 1.29 is 13.5 Å².